The Labute approximate surface area is 73.3 Å². The molecule has 0 amide bonds. The molecular weight excluding hydrogens is 208 g/mol. The fourth-order valence-corrected chi connectivity index (χ4v) is 0.214. The van der Waals surface area contributed by atoms with E-state index < -0.39 is 11.9 Å². The predicted octanol–water partition coefficient (Wildman–Crippen LogP) is -1.72. The maximum Gasteiger partial charge on any atom is 0.303 e. The van der Waals surface area contributed by atoms with Crippen LogP contribution in [-0.2, 0) is 26.7 Å². The minimum atomic E-state index is -1.08. The van der Waals surface area contributed by atoms with E-state index in [1.165, 1.54) is 0 Å². The van der Waals surface area contributed by atoms with Gasteiger partial charge in [0, 0.05) is 17.1 Å². The van der Waals surface area contributed by atoms with Gasteiger partial charge in [-0.05, 0) is 0 Å². The first-order valence-electron chi connectivity index (χ1n) is 2.06. The van der Waals surface area contributed by atoms with Crippen LogP contribution < -0.4 is 0 Å². The Balaban J connectivity index is -0.0000000817. The van der Waals surface area contributed by atoms with Crippen molar-refractivity contribution in [3.05, 3.63) is 0 Å². The molecule has 1 radical (unpaired) electrons. The summed E-state index contributed by atoms with van der Waals surface area (Å²) in [6.07, 6.45) is -0.593. The Kier molecular flexibility index (Phi) is 24.7. The molecule has 0 spiro atoms. The largest absolute Gasteiger partial charge is 0.481 e. The SMILES string of the molecule is O.O.O=C(O)CCC(=O)O.[Cu]. The predicted molar refractivity (Wildman–Crippen MR) is 31.7 cm³/mol. The van der Waals surface area contributed by atoms with Gasteiger partial charge in [-0.2, -0.15) is 0 Å². The van der Waals surface area contributed by atoms with Crippen molar-refractivity contribution in [1.29, 1.82) is 0 Å². The second kappa shape index (κ2) is 12.1. The van der Waals surface area contributed by atoms with E-state index in [9.17, 15) is 9.59 Å². The number of hydrogen-bond acceptors (Lipinski definition) is 2. The molecule has 0 saturated heterocycles. The molecule has 11 heavy (non-hydrogen) atoms. The third-order valence-corrected chi connectivity index (χ3v) is 0.553. The molecular formula is C4H10CuO6. The molecule has 0 bridgehead atoms. The maximum atomic E-state index is 9.64. The molecule has 0 aliphatic heterocycles. The van der Waals surface area contributed by atoms with Crippen LogP contribution in [0.5, 0.6) is 0 Å². The van der Waals surface area contributed by atoms with Gasteiger partial charge in [-0.25, -0.2) is 0 Å². The summed E-state index contributed by atoms with van der Waals surface area (Å²) in [7, 11) is 0. The van der Waals surface area contributed by atoms with Crippen molar-refractivity contribution in [1.82, 2.24) is 0 Å². The van der Waals surface area contributed by atoms with E-state index in [1.54, 1.807) is 0 Å². The van der Waals surface area contributed by atoms with Crippen LogP contribution in [0.2, 0.25) is 0 Å². The van der Waals surface area contributed by atoms with Gasteiger partial charge in [-0.15, -0.1) is 0 Å². The zero-order chi connectivity index (χ0) is 6.57. The van der Waals surface area contributed by atoms with E-state index in [-0.39, 0.29) is 40.9 Å². The molecule has 0 aromatic heterocycles. The van der Waals surface area contributed by atoms with Crippen molar-refractivity contribution < 1.29 is 47.8 Å². The second-order valence-electron chi connectivity index (χ2n) is 1.29. The van der Waals surface area contributed by atoms with Crippen LogP contribution in [-0.4, -0.2) is 33.1 Å². The van der Waals surface area contributed by atoms with Gasteiger partial charge in [0.1, 0.15) is 0 Å². The topological polar surface area (TPSA) is 138 Å². The number of rotatable bonds is 3. The average molecular weight is 218 g/mol. The summed E-state index contributed by atoms with van der Waals surface area (Å²) in [6, 6.07) is 0. The minimum Gasteiger partial charge on any atom is -0.481 e. The van der Waals surface area contributed by atoms with Crippen molar-refractivity contribution in [3.63, 3.8) is 0 Å². The Morgan fingerprint density at radius 1 is 0.909 bits per heavy atom. The van der Waals surface area contributed by atoms with Crippen molar-refractivity contribution in [2.75, 3.05) is 0 Å². The Morgan fingerprint density at radius 2 is 1.09 bits per heavy atom. The summed E-state index contributed by atoms with van der Waals surface area (Å²) in [4.78, 5) is 19.3. The monoisotopic (exact) mass is 217 g/mol. The van der Waals surface area contributed by atoms with Crippen LogP contribution in [0.15, 0.2) is 0 Å². The summed E-state index contributed by atoms with van der Waals surface area (Å²) >= 11 is 0. The Bertz CT molecular complexity index is 99.1. The van der Waals surface area contributed by atoms with Crippen LogP contribution >= 0.6 is 0 Å². The number of aliphatic carboxylic acids is 2. The van der Waals surface area contributed by atoms with Crippen molar-refractivity contribution in [2.45, 2.75) is 12.8 Å². The van der Waals surface area contributed by atoms with Crippen LogP contribution in [0.25, 0.3) is 0 Å². The summed E-state index contributed by atoms with van der Waals surface area (Å²) in [5, 5.41) is 15.8. The summed E-state index contributed by atoms with van der Waals surface area (Å²) in [6.45, 7) is 0. The molecule has 0 aromatic carbocycles. The Morgan fingerprint density at radius 3 is 1.18 bits per heavy atom. The van der Waals surface area contributed by atoms with Crippen LogP contribution in [0.3, 0.4) is 0 Å². The standard InChI is InChI=1S/C4H6O4.Cu.2H2O/c5-3(6)1-2-4(7)8;;;/h1-2H2,(H,5,6)(H,7,8);;2*1H2. The normalized spacial score (nSPS) is 6.18. The molecule has 6 N–H and O–H groups in total. The molecule has 0 saturated carbocycles. The van der Waals surface area contributed by atoms with Gasteiger partial charge in [0.25, 0.3) is 0 Å². The fourth-order valence-electron chi connectivity index (χ4n) is 0.214. The zero-order valence-corrected chi connectivity index (χ0v) is 6.37. The van der Waals surface area contributed by atoms with Gasteiger partial charge in [0.15, 0.2) is 0 Å². The van der Waals surface area contributed by atoms with E-state index in [2.05, 4.69) is 0 Å². The van der Waals surface area contributed by atoms with E-state index >= 15 is 0 Å². The first kappa shape index (κ1) is 22.4. The molecule has 0 unspecified atom stereocenters. The van der Waals surface area contributed by atoms with Gasteiger partial charge in [-0.3, -0.25) is 9.59 Å². The third kappa shape index (κ3) is 26.6. The van der Waals surface area contributed by atoms with E-state index in [4.69, 9.17) is 10.2 Å². The third-order valence-electron chi connectivity index (χ3n) is 0.553. The Hall–Kier alpha value is -0.621. The number of hydrogen-bond donors (Lipinski definition) is 2. The number of carboxylic acids is 2. The summed E-state index contributed by atoms with van der Waals surface area (Å²) < 4.78 is 0. The van der Waals surface area contributed by atoms with Crippen LogP contribution in [0.4, 0.5) is 0 Å². The average Bonchev–Trinajstić information content (AvgIpc) is 1.61. The molecule has 0 aromatic rings. The van der Waals surface area contributed by atoms with Crippen molar-refractivity contribution >= 4 is 11.9 Å². The van der Waals surface area contributed by atoms with E-state index in [1.807, 2.05) is 0 Å². The van der Waals surface area contributed by atoms with Crippen molar-refractivity contribution in [2.24, 2.45) is 0 Å². The van der Waals surface area contributed by atoms with E-state index in [0.29, 0.717) is 0 Å². The quantitative estimate of drug-likeness (QED) is 0.543. The molecule has 0 aliphatic carbocycles. The first-order chi connectivity index (χ1) is 3.63. The minimum absolute atomic E-state index is 0. The van der Waals surface area contributed by atoms with Crippen molar-refractivity contribution in [3.8, 4) is 0 Å². The van der Waals surface area contributed by atoms with E-state index in [0.717, 1.165) is 0 Å². The van der Waals surface area contributed by atoms with Gasteiger partial charge < -0.3 is 21.2 Å². The van der Waals surface area contributed by atoms with Crippen LogP contribution in [0, 0.1) is 0 Å². The molecule has 0 fully saturated rings. The molecule has 0 aliphatic rings. The molecule has 73 valence electrons. The van der Waals surface area contributed by atoms with Gasteiger partial charge >= 0.3 is 11.9 Å². The van der Waals surface area contributed by atoms with Gasteiger partial charge in [-0.1, -0.05) is 0 Å². The molecule has 0 rings (SSSR count). The zero-order valence-electron chi connectivity index (χ0n) is 5.43. The van der Waals surface area contributed by atoms with Crippen LogP contribution in [0.1, 0.15) is 12.8 Å². The second-order valence-corrected chi connectivity index (χ2v) is 1.29. The molecule has 6 nitrogen and oxygen atoms in total. The molecule has 0 heterocycles. The summed E-state index contributed by atoms with van der Waals surface area (Å²) in [5.74, 6) is -2.15. The van der Waals surface area contributed by atoms with Gasteiger partial charge in [0.2, 0.25) is 0 Å². The van der Waals surface area contributed by atoms with Gasteiger partial charge in [0.05, 0.1) is 12.8 Å². The fraction of sp³-hybridized carbons (Fsp3) is 0.500. The number of carboxylic acid groups (broad SMARTS) is 2. The maximum absolute atomic E-state index is 9.64. The summed E-state index contributed by atoms with van der Waals surface area (Å²) in [5.41, 5.74) is 0. The first-order valence-corrected chi connectivity index (χ1v) is 2.06. The smallest absolute Gasteiger partial charge is 0.303 e. The molecule has 0 atom stereocenters. The molecule has 7 heteroatoms. The number of carbonyl (C=O) groups is 2.